The molecule has 0 aliphatic heterocycles. The van der Waals surface area contributed by atoms with Crippen LogP contribution in [-0.4, -0.2) is 23.0 Å². The number of fused-ring (bicyclic) bond motifs is 1. The highest BCUT2D eigenvalue weighted by atomic mass is 19.1. The summed E-state index contributed by atoms with van der Waals surface area (Å²) in [5.74, 6) is -6.61. The molecule has 0 bridgehead atoms. The molecule has 4 nitrogen and oxygen atoms in total. The molecule has 3 aromatic carbocycles. The second kappa shape index (κ2) is 7.49. The van der Waals surface area contributed by atoms with Gasteiger partial charge in [0.15, 0.2) is 0 Å². The van der Waals surface area contributed by atoms with Crippen LogP contribution in [-0.2, 0) is 11.2 Å². The molecule has 0 aliphatic carbocycles. The SMILES string of the molecule is O=C(N[C@H](Cc1ccc2ccccc2c1)C(=O)O)c1c(F)cc(F)cc1F. The number of hydrogen-bond acceptors (Lipinski definition) is 2. The van der Waals surface area contributed by atoms with E-state index in [0.717, 1.165) is 10.8 Å². The Bertz CT molecular complexity index is 1010. The molecule has 0 radical (unpaired) electrons. The maximum absolute atomic E-state index is 13.7. The number of carbonyl (C=O) groups excluding carboxylic acids is 1. The summed E-state index contributed by atoms with van der Waals surface area (Å²) in [6, 6.07) is 12.1. The molecule has 0 saturated heterocycles. The summed E-state index contributed by atoms with van der Waals surface area (Å²) < 4.78 is 40.4. The van der Waals surface area contributed by atoms with Crippen LogP contribution in [0.1, 0.15) is 15.9 Å². The number of carboxylic acid groups (broad SMARTS) is 1. The van der Waals surface area contributed by atoms with Crippen molar-refractivity contribution < 1.29 is 27.9 Å². The van der Waals surface area contributed by atoms with Crippen LogP contribution >= 0.6 is 0 Å². The predicted octanol–water partition coefficient (Wildman–Crippen LogP) is 3.68. The van der Waals surface area contributed by atoms with Crippen molar-refractivity contribution in [3.8, 4) is 0 Å². The largest absolute Gasteiger partial charge is 0.480 e. The van der Waals surface area contributed by atoms with E-state index in [-0.39, 0.29) is 6.42 Å². The average molecular weight is 373 g/mol. The van der Waals surface area contributed by atoms with Gasteiger partial charge in [0.1, 0.15) is 29.1 Å². The second-order valence-corrected chi connectivity index (χ2v) is 5.99. The van der Waals surface area contributed by atoms with E-state index in [1.54, 1.807) is 12.1 Å². The van der Waals surface area contributed by atoms with E-state index in [1.165, 1.54) is 0 Å². The summed E-state index contributed by atoms with van der Waals surface area (Å²) in [6.45, 7) is 0. The number of rotatable bonds is 5. The molecule has 138 valence electrons. The molecule has 0 heterocycles. The highest BCUT2D eigenvalue weighted by molar-refractivity contribution is 5.97. The maximum atomic E-state index is 13.7. The molecule has 27 heavy (non-hydrogen) atoms. The van der Waals surface area contributed by atoms with Crippen molar-refractivity contribution in [3.05, 3.63) is 83.2 Å². The minimum Gasteiger partial charge on any atom is -0.480 e. The van der Waals surface area contributed by atoms with Crippen LogP contribution in [0.5, 0.6) is 0 Å². The van der Waals surface area contributed by atoms with E-state index in [2.05, 4.69) is 5.32 Å². The van der Waals surface area contributed by atoms with Gasteiger partial charge < -0.3 is 10.4 Å². The number of aliphatic carboxylic acids is 1. The molecule has 0 saturated carbocycles. The Labute approximate surface area is 152 Å². The summed E-state index contributed by atoms with van der Waals surface area (Å²) in [6.07, 6.45) is -0.0870. The fourth-order valence-corrected chi connectivity index (χ4v) is 2.79. The minimum atomic E-state index is -1.41. The predicted molar refractivity (Wildman–Crippen MR) is 92.9 cm³/mol. The lowest BCUT2D eigenvalue weighted by molar-refractivity contribution is -0.139. The molecule has 3 rings (SSSR count). The lowest BCUT2D eigenvalue weighted by Gasteiger charge is -2.16. The van der Waals surface area contributed by atoms with Crippen molar-refractivity contribution >= 4 is 22.6 Å². The Kier molecular flexibility index (Phi) is 5.12. The van der Waals surface area contributed by atoms with Crippen LogP contribution in [0.3, 0.4) is 0 Å². The van der Waals surface area contributed by atoms with Gasteiger partial charge in [0, 0.05) is 18.6 Å². The number of amides is 1. The van der Waals surface area contributed by atoms with Gasteiger partial charge in [0.2, 0.25) is 0 Å². The zero-order chi connectivity index (χ0) is 19.6. The van der Waals surface area contributed by atoms with Gasteiger partial charge in [0.25, 0.3) is 5.91 Å². The summed E-state index contributed by atoms with van der Waals surface area (Å²) >= 11 is 0. The fourth-order valence-electron chi connectivity index (χ4n) is 2.79. The van der Waals surface area contributed by atoms with Crippen LogP contribution < -0.4 is 5.32 Å². The van der Waals surface area contributed by atoms with Crippen LogP contribution in [0.2, 0.25) is 0 Å². The first-order valence-corrected chi connectivity index (χ1v) is 8.01. The van der Waals surface area contributed by atoms with Crippen molar-refractivity contribution in [2.75, 3.05) is 0 Å². The van der Waals surface area contributed by atoms with Crippen molar-refractivity contribution in [1.29, 1.82) is 0 Å². The van der Waals surface area contributed by atoms with Gasteiger partial charge >= 0.3 is 5.97 Å². The van der Waals surface area contributed by atoms with Crippen molar-refractivity contribution in [2.45, 2.75) is 12.5 Å². The number of benzene rings is 3. The smallest absolute Gasteiger partial charge is 0.326 e. The van der Waals surface area contributed by atoms with Crippen molar-refractivity contribution in [2.24, 2.45) is 0 Å². The van der Waals surface area contributed by atoms with Gasteiger partial charge in [-0.2, -0.15) is 0 Å². The average Bonchev–Trinajstić information content (AvgIpc) is 2.60. The first-order chi connectivity index (χ1) is 12.8. The third-order valence-electron chi connectivity index (χ3n) is 4.09. The highest BCUT2D eigenvalue weighted by Crippen LogP contribution is 2.18. The van der Waals surface area contributed by atoms with E-state index < -0.39 is 40.9 Å². The quantitative estimate of drug-likeness (QED) is 0.717. The number of halogens is 3. The third kappa shape index (κ3) is 4.08. The van der Waals surface area contributed by atoms with Crippen molar-refractivity contribution in [1.82, 2.24) is 5.32 Å². The molecule has 0 unspecified atom stereocenters. The molecule has 1 atom stereocenters. The first-order valence-electron chi connectivity index (χ1n) is 8.01. The summed E-state index contributed by atoms with van der Waals surface area (Å²) in [4.78, 5) is 23.6. The standard InChI is InChI=1S/C20H14F3NO3/c21-14-9-15(22)18(16(23)10-14)19(25)24-17(20(26)27)8-11-5-6-12-3-1-2-4-13(12)7-11/h1-7,9-10,17H,8H2,(H,24,25)(H,26,27)/t17-/m1/s1. The molecule has 0 aromatic heterocycles. The molecule has 3 aromatic rings. The van der Waals surface area contributed by atoms with Crippen molar-refractivity contribution in [3.63, 3.8) is 0 Å². The monoisotopic (exact) mass is 373 g/mol. The lowest BCUT2D eigenvalue weighted by atomic mass is 10.0. The normalized spacial score (nSPS) is 12.0. The van der Waals surface area contributed by atoms with Crippen LogP contribution in [0.15, 0.2) is 54.6 Å². The molecule has 7 heteroatoms. The van der Waals surface area contributed by atoms with Gasteiger partial charge in [0.05, 0.1) is 0 Å². The number of carboxylic acids is 1. The maximum Gasteiger partial charge on any atom is 0.326 e. The van der Waals surface area contributed by atoms with Crippen LogP contribution in [0, 0.1) is 17.5 Å². The molecular formula is C20H14F3NO3. The first kappa shape index (κ1) is 18.4. The highest BCUT2D eigenvalue weighted by Gasteiger charge is 2.25. The van der Waals surface area contributed by atoms with E-state index in [1.807, 2.05) is 30.3 Å². The second-order valence-electron chi connectivity index (χ2n) is 5.99. The van der Waals surface area contributed by atoms with Crippen LogP contribution in [0.4, 0.5) is 13.2 Å². The minimum absolute atomic E-state index is 0.0870. The number of carbonyl (C=O) groups is 2. The lowest BCUT2D eigenvalue weighted by Crippen LogP contribution is -2.43. The summed E-state index contributed by atoms with van der Waals surface area (Å²) in [5.41, 5.74) is -0.400. The third-order valence-corrected chi connectivity index (χ3v) is 4.09. The van der Waals surface area contributed by atoms with E-state index >= 15 is 0 Å². The Hall–Kier alpha value is -3.35. The number of nitrogens with one attached hydrogen (secondary N) is 1. The Morgan fingerprint density at radius 1 is 0.926 bits per heavy atom. The molecular weight excluding hydrogens is 359 g/mol. The molecule has 0 aliphatic rings. The van der Waals surface area contributed by atoms with E-state index in [9.17, 15) is 27.9 Å². The van der Waals surface area contributed by atoms with E-state index in [4.69, 9.17) is 0 Å². The number of hydrogen-bond donors (Lipinski definition) is 2. The summed E-state index contributed by atoms with van der Waals surface area (Å²) in [7, 11) is 0. The molecule has 0 fully saturated rings. The Balaban J connectivity index is 1.83. The van der Waals surface area contributed by atoms with Gasteiger partial charge in [-0.05, 0) is 16.3 Å². The zero-order valence-electron chi connectivity index (χ0n) is 13.9. The van der Waals surface area contributed by atoms with E-state index in [0.29, 0.717) is 17.7 Å². The fraction of sp³-hybridized carbons (Fsp3) is 0.100. The Morgan fingerprint density at radius 2 is 1.56 bits per heavy atom. The Morgan fingerprint density at radius 3 is 2.19 bits per heavy atom. The van der Waals surface area contributed by atoms with Gasteiger partial charge in [-0.1, -0.05) is 42.5 Å². The molecule has 1 amide bonds. The van der Waals surface area contributed by atoms with Gasteiger partial charge in [-0.15, -0.1) is 0 Å². The molecule has 0 spiro atoms. The topological polar surface area (TPSA) is 66.4 Å². The van der Waals surface area contributed by atoms with Gasteiger partial charge in [-0.3, -0.25) is 4.79 Å². The van der Waals surface area contributed by atoms with Gasteiger partial charge in [-0.25, -0.2) is 18.0 Å². The van der Waals surface area contributed by atoms with Crippen LogP contribution in [0.25, 0.3) is 10.8 Å². The molecule has 2 N–H and O–H groups in total. The summed E-state index contributed by atoms with van der Waals surface area (Å²) in [5, 5.41) is 13.3. The zero-order valence-corrected chi connectivity index (χ0v) is 13.9.